The predicted octanol–water partition coefficient (Wildman–Crippen LogP) is 2.44. The molecule has 1 fully saturated rings. The number of alkyl halides is 3. The first kappa shape index (κ1) is 16.3. The molecule has 0 saturated carbocycles. The largest absolute Gasteiger partial charge is 0.472 e. The van der Waals surface area contributed by atoms with Gasteiger partial charge in [0.15, 0.2) is 0 Å². The van der Waals surface area contributed by atoms with E-state index in [4.69, 9.17) is 4.42 Å². The summed E-state index contributed by atoms with van der Waals surface area (Å²) < 4.78 is 43.2. The number of halogens is 3. The Hall–Kier alpha value is -2.58. The minimum Gasteiger partial charge on any atom is -0.472 e. The highest BCUT2D eigenvalue weighted by molar-refractivity contribution is 5.93. The molecule has 0 atom stereocenters. The third kappa shape index (κ3) is 3.50. The first-order chi connectivity index (χ1) is 11.4. The van der Waals surface area contributed by atoms with Gasteiger partial charge in [-0.2, -0.15) is 13.2 Å². The van der Waals surface area contributed by atoms with Crippen molar-refractivity contribution in [1.29, 1.82) is 0 Å². The van der Waals surface area contributed by atoms with Gasteiger partial charge in [-0.15, -0.1) is 0 Å². The van der Waals surface area contributed by atoms with Crippen LogP contribution in [0.1, 0.15) is 22.5 Å². The molecule has 128 valence electrons. The summed E-state index contributed by atoms with van der Waals surface area (Å²) in [6, 6.07) is 2.43. The van der Waals surface area contributed by atoms with Crippen LogP contribution in [0, 0.1) is 0 Å². The number of furan rings is 1. The van der Waals surface area contributed by atoms with Crippen LogP contribution in [0.25, 0.3) is 0 Å². The molecule has 0 radical (unpaired) electrons. The van der Waals surface area contributed by atoms with Crippen molar-refractivity contribution in [2.45, 2.75) is 12.6 Å². The van der Waals surface area contributed by atoms with E-state index >= 15 is 0 Å². The van der Waals surface area contributed by atoms with Crippen LogP contribution >= 0.6 is 0 Å². The summed E-state index contributed by atoms with van der Waals surface area (Å²) in [4.78, 5) is 23.2. The number of aromatic nitrogens is 2. The van der Waals surface area contributed by atoms with E-state index in [1.165, 1.54) is 12.5 Å². The van der Waals surface area contributed by atoms with Crippen molar-refractivity contribution in [3.63, 3.8) is 0 Å². The molecule has 0 aliphatic carbocycles. The second-order valence-corrected chi connectivity index (χ2v) is 5.38. The SMILES string of the molecule is O=C(c1ccoc1)N1CCCN(c2nccc(C(F)(F)F)n2)CC1. The van der Waals surface area contributed by atoms with Crippen LogP contribution in [0.5, 0.6) is 0 Å². The highest BCUT2D eigenvalue weighted by Crippen LogP contribution is 2.28. The Labute approximate surface area is 135 Å². The lowest BCUT2D eigenvalue weighted by atomic mass is 10.3. The molecule has 0 N–H and O–H groups in total. The zero-order valence-corrected chi connectivity index (χ0v) is 12.7. The molecule has 0 bridgehead atoms. The molecule has 1 amide bonds. The number of hydrogen-bond acceptors (Lipinski definition) is 5. The smallest absolute Gasteiger partial charge is 0.433 e. The summed E-state index contributed by atoms with van der Waals surface area (Å²) in [7, 11) is 0. The maximum absolute atomic E-state index is 12.8. The highest BCUT2D eigenvalue weighted by atomic mass is 19.4. The topological polar surface area (TPSA) is 62.5 Å². The van der Waals surface area contributed by atoms with Crippen LogP contribution in [0.4, 0.5) is 19.1 Å². The van der Waals surface area contributed by atoms with Gasteiger partial charge in [0, 0.05) is 32.4 Å². The van der Waals surface area contributed by atoms with Crippen LogP contribution in [0.2, 0.25) is 0 Å². The number of anilines is 1. The van der Waals surface area contributed by atoms with Crippen LogP contribution in [-0.2, 0) is 6.18 Å². The third-order valence-electron chi connectivity index (χ3n) is 3.77. The molecule has 0 aromatic carbocycles. The fourth-order valence-corrected chi connectivity index (χ4v) is 2.55. The van der Waals surface area contributed by atoms with E-state index in [-0.39, 0.29) is 11.9 Å². The fraction of sp³-hybridized carbons (Fsp3) is 0.400. The molecule has 2 aromatic heterocycles. The van der Waals surface area contributed by atoms with Gasteiger partial charge in [0.2, 0.25) is 5.95 Å². The molecule has 1 aliphatic rings. The molecule has 3 rings (SSSR count). The quantitative estimate of drug-likeness (QED) is 0.840. The van der Waals surface area contributed by atoms with E-state index in [1.54, 1.807) is 15.9 Å². The molecule has 6 nitrogen and oxygen atoms in total. The first-order valence-electron chi connectivity index (χ1n) is 7.42. The average Bonchev–Trinajstić information content (AvgIpc) is 2.98. The van der Waals surface area contributed by atoms with Crippen molar-refractivity contribution < 1.29 is 22.4 Å². The molecular formula is C15H15F3N4O2. The normalized spacial score (nSPS) is 16.1. The van der Waals surface area contributed by atoms with Crippen molar-refractivity contribution in [2.75, 3.05) is 31.1 Å². The van der Waals surface area contributed by atoms with Gasteiger partial charge in [-0.1, -0.05) is 0 Å². The number of nitrogens with zero attached hydrogens (tertiary/aromatic N) is 4. The van der Waals surface area contributed by atoms with Gasteiger partial charge in [-0.25, -0.2) is 9.97 Å². The van der Waals surface area contributed by atoms with Crippen LogP contribution < -0.4 is 4.90 Å². The monoisotopic (exact) mass is 340 g/mol. The number of hydrogen-bond donors (Lipinski definition) is 0. The second-order valence-electron chi connectivity index (χ2n) is 5.38. The lowest BCUT2D eigenvalue weighted by Gasteiger charge is -2.22. The minimum atomic E-state index is -4.51. The second kappa shape index (κ2) is 6.50. The van der Waals surface area contributed by atoms with Crippen molar-refractivity contribution in [3.05, 3.63) is 42.1 Å². The van der Waals surface area contributed by atoms with E-state index in [9.17, 15) is 18.0 Å². The zero-order chi connectivity index (χ0) is 17.2. The maximum Gasteiger partial charge on any atom is 0.433 e. The van der Waals surface area contributed by atoms with E-state index in [0.717, 1.165) is 12.3 Å². The van der Waals surface area contributed by atoms with Gasteiger partial charge in [-0.3, -0.25) is 4.79 Å². The van der Waals surface area contributed by atoms with Crippen LogP contribution in [0.15, 0.2) is 35.3 Å². The van der Waals surface area contributed by atoms with E-state index < -0.39 is 11.9 Å². The minimum absolute atomic E-state index is 0.0300. The molecule has 0 spiro atoms. The molecule has 1 aliphatic heterocycles. The van der Waals surface area contributed by atoms with Crippen molar-refractivity contribution in [1.82, 2.24) is 14.9 Å². The van der Waals surface area contributed by atoms with E-state index in [2.05, 4.69) is 9.97 Å². The lowest BCUT2D eigenvalue weighted by Crippen LogP contribution is -2.35. The average molecular weight is 340 g/mol. The number of rotatable bonds is 2. The molecule has 3 heterocycles. The summed E-state index contributed by atoms with van der Waals surface area (Å²) >= 11 is 0. The molecule has 9 heteroatoms. The lowest BCUT2D eigenvalue weighted by molar-refractivity contribution is -0.141. The predicted molar refractivity (Wildman–Crippen MR) is 78.5 cm³/mol. The summed E-state index contributed by atoms with van der Waals surface area (Å²) in [5.41, 5.74) is -0.512. The van der Waals surface area contributed by atoms with Gasteiger partial charge in [0.25, 0.3) is 5.91 Å². The summed E-state index contributed by atoms with van der Waals surface area (Å²) in [5, 5.41) is 0. The van der Waals surface area contributed by atoms with E-state index in [1.807, 2.05) is 0 Å². The van der Waals surface area contributed by atoms with Gasteiger partial charge >= 0.3 is 6.18 Å². The Morgan fingerprint density at radius 2 is 2.00 bits per heavy atom. The highest BCUT2D eigenvalue weighted by Gasteiger charge is 2.33. The Morgan fingerprint density at radius 1 is 1.17 bits per heavy atom. The number of carbonyl (C=O) groups is 1. The van der Waals surface area contributed by atoms with Gasteiger partial charge in [0.05, 0.1) is 11.8 Å². The maximum atomic E-state index is 12.8. The first-order valence-corrected chi connectivity index (χ1v) is 7.42. The molecule has 2 aromatic rings. The van der Waals surface area contributed by atoms with E-state index in [0.29, 0.717) is 38.2 Å². The van der Waals surface area contributed by atoms with Gasteiger partial charge < -0.3 is 14.2 Å². The molecular weight excluding hydrogens is 325 g/mol. The molecule has 0 unspecified atom stereocenters. The van der Waals surface area contributed by atoms with Crippen LogP contribution in [0.3, 0.4) is 0 Å². The van der Waals surface area contributed by atoms with Crippen molar-refractivity contribution in [2.24, 2.45) is 0 Å². The fourth-order valence-electron chi connectivity index (χ4n) is 2.55. The zero-order valence-electron chi connectivity index (χ0n) is 12.7. The van der Waals surface area contributed by atoms with Gasteiger partial charge in [-0.05, 0) is 18.6 Å². The van der Waals surface area contributed by atoms with Gasteiger partial charge in [0.1, 0.15) is 12.0 Å². The summed E-state index contributed by atoms with van der Waals surface area (Å²) in [6.45, 7) is 1.74. The summed E-state index contributed by atoms with van der Waals surface area (Å²) in [6.07, 6.45) is 0.00913. The number of carbonyl (C=O) groups excluding carboxylic acids is 1. The Kier molecular flexibility index (Phi) is 4.41. The summed E-state index contributed by atoms with van der Waals surface area (Å²) in [5.74, 6) is -0.127. The van der Waals surface area contributed by atoms with Crippen molar-refractivity contribution in [3.8, 4) is 0 Å². The standard InChI is InChI=1S/C15H15F3N4O2/c16-15(17,18)12-2-4-19-14(20-12)22-6-1-5-21(7-8-22)13(23)11-3-9-24-10-11/h2-4,9-10H,1,5-8H2. The molecule has 24 heavy (non-hydrogen) atoms. The third-order valence-corrected chi connectivity index (χ3v) is 3.77. The van der Waals surface area contributed by atoms with Crippen molar-refractivity contribution >= 4 is 11.9 Å². The molecule has 1 saturated heterocycles. The number of amides is 1. The Morgan fingerprint density at radius 3 is 2.71 bits per heavy atom. The Bertz CT molecular complexity index is 703. The van der Waals surface area contributed by atoms with Crippen LogP contribution in [-0.4, -0.2) is 47.0 Å². The Balaban J connectivity index is 1.71.